The second-order valence-corrected chi connectivity index (χ2v) is 12.1. The standard InChI is InChI=1S/C30H33N3O3S/c1-4-37(35,36)27-12-9-23(10-13-27)19-32-30(34)26-11-14-28-25(17-26)15-16-33(29(28)21(2)3)20-24-7-5-22(18-31)6-8-24/h5-14,17,21,29H,4,15-16,19-20H2,1-3H3,(H,32,34). The first-order valence-corrected chi connectivity index (χ1v) is 14.3. The van der Waals surface area contributed by atoms with Gasteiger partial charge in [0.1, 0.15) is 0 Å². The maximum atomic E-state index is 12.9. The second kappa shape index (κ2) is 11.3. The number of sulfone groups is 1. The molecule has 192 valence electrons. The highest BCUT2D eigenvalue weighted by atomic mass is 32.2. The Morgan fingerprint density at radius 3 is 2.35 bits per heavy atom. The predicted octanol–water partition coefficient (Wildman–Crippen LogP) is 5.04. The smallest absolute Gasteiger partial charge is 0.251 e. The van der Waals surface area contributed by atoms with E-state index in [4.69, 9.17) is 5.26 Å². The first-order valence-electron chi connectivity index (χ1n) is 12.7. The quantitative estimate of drug-likeness (QED) is 0.454. The molecule has 0 radical (unpaired) electrons. The van der Waals surface area contributed by atoms with Crippen LogP contribution in [0, 0.1) is 17.2 Å². The minimum Gasteiger partial charge on any atom is -0.348 e. The van der Waals surface area contributed by atoms with E-state index in [-0.39, 0.29) is 17.7 Å². The Balaban J connectivity index is 1.45. The minimum atomic E-state index is -3.24. The molecule has 3 aromatic carbocycles. The van der Waals surface area contributed by atoms with Gasteiger partial charge in [-0.25, -0.2) is 8.42 Å². The fraction of sp³-hybridized carbons (Fsp3) is 0.333. The van der Waals surface area contributed by atoms with Gasteiger partial charge in [-0.2, -0.15) is 5.26 Å². The molecule has 1 amide bonds. The van der Waals surface area contributed by atoms with Crippen LogP contribution < -0.4 is 5.32 Å². The molecule has 4 rings (SSSR count). The zero-order chi connectivity index (χ0) is 26.6. The van der Waals surface area contributed by atoms with E-state index in [1.54, 1.807) is 31.2 Å². The molecular formula is C30H33N3O3S. The third-order valence-corrected chi connectivity index (χ3v) is 8.75. The number of benzene rings is 3. The summed E-state index contributed by atoms with van der Waals surface area (Å²) in [5.74, 6) is 0.317. The van der Waals surface area contributed by atoms with Crippen molar-refractivity contribution in [2.24, 2.45) is 5.92 Å². The van der Waals surface area contributed by atoms with Gasteiger partial charge in [0.25, 0.3) is 5.91 Å². The van der Waals surface area contributed by atoms with Gasteiger partial charge in [0.15, 0.2) is 9.84 Å². The van der Waals surface area contributed by atoms with Crippen LogP contribution >= 0.6 is 0 Å². The summed E-state index contributed by atoms with van der Waals surface area (Å²) >= 11 is 0. The average molecular weight is 516 g/mol. The summed E-state index contributed by atoms with van der Waals surface area (Å²) in [7, 11) is -3.24. The number of nitrogens with one attached hydrogen (secondary N) is 1. The molecule has 3 aromatic rings. The Labute approximate surface area is 219 Å². The van der Waals surface area contributed by atoms with E-state index in [1.165, 1.54) is 16.7 Å². The van der Waals surface area contributed by atoms with Crippen LogP contribution in [-0.2, 0) is 29.3 Å². The van der Waals surface area contributed by atoms with Gasteiger partial charge in [-0.05, 0) is 71.0 Å². The second-order valence-electron chi connectivity index (χ2n) is 9.86. The van der Waals surface area contributed by atoms with E-state index in [0.717, 1.165) is 25.1 Å². The fourth-order valence-corrected chi connectivity index (χ4v) is 5.88. The molecule has 0 aromatic heterocycles. The van der Waals surface area contributed by atoms with Gasteiger partial charge >= 0.3 is 0 Å². The van der Waals surface area contributed by atoms with E-state index in [2.05, 4.69) is 36.2 Å². The van der Waals surface area contributed by atoms with Crippen molar-refractivity contribution in [2.75, 3.05) is 12.3 Å². The van der Waals surface area contributed by atoms with Crippen LogP contribution in [0.5, 0.6) is 0 Å². The molecule has 1 N–H and O–H groups in total. The Kier molecular flexibility index (Phi) is 8.11. The molecule has 0 saturated heterocycles. The molecule has 1 atom stereocenters. The lowest BCUT2D eigenvalue weighted by atomic mass is 9.85. The number of carbonyl (C=O) groups excluding carboxylic acids is 1. The largest absolute Gasteiger partial charge is 0.348 e. The number of nitriles is 1. The maximum Gasteiger partial charge on any atom is 0.251 e. The number of hydrogen-bond donors (Lipinski definition) is 1. The van der Waals surface area contributed by atoms with E-state index in [1.807, 2.05) is 36.4 Å². The van der Waals surface area contributed by atoms with Crippen LogP contribution in [0.15, 0.2) is 71.6 Å². The van der Waals surface area contributed by atoms with Crippen molar-refractivity contribution >= 4 is 15.7 Å². The number of rotatable bonds is 8. The summed E-state index contributed by atoms with van der Waals surface area (Å²) in [5, 5.41) is 12.0. The van der Waals surface area contributed by atoms with Gasteiger partial charge in [0.2, 0.25) is 0 Å². The normalized spacial score (nSPS) is 15.7. The monoisotopic (exact) mass is 515 g/mol. The highest BCUT2D eigenvalue weighted by Crippen LogP contribution is 2.36. The summed E-state index contributed by atoms with van der Waals surface area (Å²) < 4.78 is 24.0. The minimum absolute atomic E-state index is 0.0618. The lowest BCUT2D eigenvalue weighted by Gasteiger charge is -2.40. The highest BCUT2D eigenvalue weighted by Gasteiger charge is 2.30. The number of amides is 1. The summed E-state index contributed by atoms with van der Waals surface area (Å²) in [5.41, 5.74) is 5.80. The van der Waals surface area contributed by atoms with Crippen molar-refractivity contribution in [3.8, 4) is 6.07 Å². The van der Waals surface area contributed by atoms with Crippen LogP contribution in [0.1, 0.15) is 65.0 Å². The van der Waals surface area contributed by atoms with Gasteiger partial charge < -0.3 is 5.32 Å². The molecule has 0 bridgehead atoms. The SMILES string of the molecule is CCS(=O)(=O)c1ccc(CNC(=O)c2ccc3c(c2)CCN(Cc2ccc(C#N)cc2)C3C(C)C)cc1. The van der Waals surface area contributed by atoms with Crippen molar-refractivity contribution in [3.63, 3.8) is 0 Å². The van der Waals surface area contributed by atoms with Crippen LogP contribution in [0.4, 0.5) is 0 Å². The first kappa shape index (κ1) is 26.6. The van der Waals surface area contributed by atoms with E-state index < -0.39 is 9.84 Å². The van der Waals surface area contributed by atoms with Gasteiger partial charge in [-0.3, -0.25) is 9.69 Å². The number of nitrogens with zero attached hydrogens (tertiary/aromatic N) is 2. The molecule has 1 aliphatic heterocycles. The molecule has 1 heterocycles. The maximum absolute atomic E-state index is 12.9. The number of carbonyl (C=O) groups is 1. The number of fused-ring (bicyclic) bond motifs is 1. The molecule has 0 spiro atoms. The van der Waals surface area contributed by atoms with Crippen LogP contribution in [0.3, 0.4) is 0 Å². The predicted molar refractivity (Wildman–Crippen MR) is 145 cm³/mol. The van der Waals surface area contributed by atoms with E-state index in [9.17, 15) is 13.2 Å². The van der Waals surface area contributed by atoms with Crippen molar-refractivity contribution < 1.29 is 13.2 Å². The lowest BCUT2D eigenvalue weighted by Crippen LogP contribution is -2.38. The third kappa shape index (κ3) is 6.10. The van der Waals surface area contributed by atoms with Crippen molar-refractivity contribution in [2.45, 2.75) is 51.2 Å². The topological polar surface area (TPSA) is 90.3 Å². The molecule has 6 nitrogen and oxygen atoms in total. The lowest BCUT2D eigenvalue weighted by molar-refractivity contribution is 0.0950. The summed E-state index contributed by atoms with van der Waals surface area (Å²) in [6, 6.07) is 22.9. The van der Waals surface area contributed by atoms with Crippen molar-refractivity contribution in [3.05, 3.63) is 100 Å². The molecule has 0 aliphatic carbocycles. The molecule has 37 heavy (non-hydrogen) atoms. The van der Waals surface area contributed by atoms with E-state index in [0.29, 0.717) is 28.5 Å². The highest BCUT2D eigenvalue weighted by molar-refractivity contribution is 7.91. The average Bonchev–Trinajstić information content (AvgIpc) is 2.91. The van der Waals surface area contributed by atoms with E-state index >= 15 is 0 Å². The van der Waals surface area contributed by atoms with Crippen molar-refractivity contribution in [1.82, 2.24) is 10.2 Å². The third-order valence-electron chi connectivity index (χ3n) is 7.00. The van der Waals surface area contributed by atoms with Crippen LogP contribution in [0.25, 0.3) is 0 Å². The zero-order valence-corrected chi connectivity index (χ0v) is 22.4. The Morgan fingerprint density at radius 2 is 1.73 bits per heavy atom. The molecule has 7 heteroatoms. The Morgan fingerprint density at radius 1 is 1.05 bits per heavy atom. The zero-order valence-electron chi connectivity index (χ0n) is 21.6. The first-order chi connectivity index (χ1) is 17.7. The molecule has 0 fully saturated rings. The van der Waals surface area contributed by atoms with Gasteiger partial charge in [-0.15, -0.1) is 0 Å². The van der Waals surface area contributed by atoms with Crippen molar-refractivity contribution in [1.29, 1.82) is 5.26 Å². The summed E-state index contributed by atoms with van der Waals surface area (Å²) in [6.07, 6.45) is 0.864. The van der Waals surface area contributed by atoms with Gasteiger partial charge in [0, 0.05) is 31.2 Å². The van der Waals surface area contributed by atoms with Crippen LogP contribution in [-0.4, -0.2) is 31.5 Å². The van der Waals surface area contributed by atoms with Crippen LogP contribution in [0.2, 0.25) is 0 Å². The molecule has 1 aliphatic rings. The molecule has 0 saturated carbocycles. The summed E-state index contributed by atoms with van der Waals surface area (Å²) in [4.78, 5) is 15.7. The summed E-state index contributed by atoms with van der Waals surface area (Å²) in [6.45, 7) is 8.11. The molecule has 1 unspecified atom stereocenters. The number of hydrogen-bond acceptors (Lipinski definition) is 5. The van der Waals surface area contributed by atoms with Gasteiger partial charge in [0.05, 0.1) is 22.3 Å². The van der Waals surface area contributed by atoms with Gasteiger partial charge in [-0.1, -0.05) is 51.1 Å². The Bertz CT molecular complexity index is 1410. The fourth-order valence-electron chi connectivity index (χ4n) is 4.99. The molecular weight excluding hydrogens is 482 g/mol. The Hall–Kier alpha value is -3.47.